The second kappa shape index (κ2) is 9.46. The fourth-order valence-corrected chi connectivity index (χ4v) is 3.41. The van der Waals surface area contributed by atoms with Crippen LogP contribution >= 0.6 is 12.4 Å². The average Bonchev–Trinajstić information content (AvgIpc) is 3.12. The van der Waals surface area contributed by atoms with E-state index >= 15 is 0 Å². The Bertz CT molecular complexity index is 833. The maximum Gasteiger partial charge on any atom is 0.330 e. The molecule has 3 rings (SSSR count). The third-order valence-corrected chi connectivity index (χ3v) is 4.77. The van der Waals surface area contributed by atoms with Crippen LogP contribution < -0.4 is 15.8 Å². The lowest BCUT2D eigenvalue weighted by Gasteiger charge is -2.19. The number of carboxylic acids is 1. The van der Waals surface area contributed by atoms with Gasteiger partial charge in [0.2, 0.25) is 0 Å². The molecule has 1 saturated carbocycles. The largest absolute Gasteiger partial charge is 0.490 e. The number of carboxylic acid groups (broad SMARTS) is 1. The molecule has 5 N–H and O–H groups in total. The number of halogens is 1. The fraction of sp³-hybridized carbons (Fsp3) is 0.333. The topological polar surface area (TPSA) is 108 Å². The highest BCUT2D eigenvalue weighted by Crippen LogP contribution is 2.29. The van der Waals surface area contributed by atoms with Crippen molar-refractivity contribution in [2.45, 2.75) is 44.8 Å². The minimum Gasteiger partial charge on any atom is -0.490 e. The second-order valence-electron chi connectivity index (χ2n) is 7.01. The molecule has 0 bridgehead atoms. The number of aryl methyl sites for hydroxylation is 1. The molecule has 0 heterocycles. The highest BCUT2D eigenvalue weighted by atomic mass is 35.5. The molecule has 1 aliphatic carbocycles. The molecule has 1 atom stereocenters. The number of nitrogen functional groups attached to an aromatic ring is 1. The zero-order chi connectivity index (χ0) is 19.4. The molecule has 0 spiro atoms. The van der Waals surface area contributed by atoms with Gasteiger partial charge in [0.1, 0.15) is 11.6 Å². The molecule has 0 saturated heterocycles. The summed E-state index contributed by atoms with van der Waals surface area (Å²) in [4.78, 5) is 11.9. The van der Waals surface area contributed by atoms with E-state index in [2.05, 4.69) is 5.32 Å². The van der Waals surface area contributed by atoms with Crippen LogP contribution in [0.25, 0.3) is 0 Å². The normalized spacial score (nSPS) is 14.8. The molecule has 1 fully saturated rings. The summed E-state index contributed by atoms with van der Waals surface area (Å²) in [6.45, 7) is 1.94. The lowest BCUT2D eigenvalue weighted by atomic mass is 10.0. The molecule has 150 valence electrons. The number of nitrogens with two attached hydrogens (primary N) is 1. The molecule has 1 unspecified atom stereocenters. The van der Waals surface area contributed by atoms with E-state index in [1.165, 1.54) is 12.8 Å². The maximum atomic E-state index is 11.9. The fourth-order valence-electron chi connectivity index (χ4n) is 3.41. The van der Waals surface area contributed by atoms with Crippen LogP contribution in [0.4, 0.5) is 5.69 Å². The number of ether oxygens (including phenoxy) is 1. The zero-order valence-corrected chi connectivity index (χ0v) is 16.6. The summed E-state index contributed by atoms with van der Waals surface area (Å²) in [6, 6.07) is 11.5. The van der Waals surface area contributed by atoms with Crippen molar-refractivity contribution in [2.24, 2.45) is 5.73 Å². The first-order valence-corrected chi connectivity index (χ1v) is 9.14. The summed E-state index contributed by atoms with van der Waals surface area (Å²) >= 11 is 0. The Morgan fingerprint density at radius 2 is 1.86 bits per heavy atom. The summed E-state index contributed by atoms with van der Waals surface area (Å²) in [5.41, 5.74) is 8.30. The third-order valence-electron chi connectivity index (χ3n) is 4.77. The number of benzene rings is 2. The molecule has 1 aliphatic rings. The van der Waals surface area contributed by atoms with Gasteiger partial charge >= 0.3 is 5.97 Å². The number of aliphatic carboxylic acids is 1. The van der Waals surface area contributed by atoms with Crippen molar-refractivity contribution in [3.05, 3.63) is 59.2 Å². The Hall–Kier alpha value is -2.73. The smallest absolute Gasteiger partial charge is 0.330 e. The number of hydrogen-bond acceptors (Lipinski definition) is 4. The number of carbonyl (C=O) groups is 1. The highest BCUT2D eigenvalue weighted by Gasteiger charge is 2.22. The van der Waals surface area contributed by atoms with Crippen molar-refractivity contribution in [3.8, 4) is 5.75 Å². The monoisotopic (exact) mass is 403 g/mol. The summed E-state index contributed by atoms with van der Waals surface area (Å²) in [7, 11) is 0. The molecule has 0 radical (unpaired) electrons. The van der Waals surface area contributed by atoms with Crippen LogP contribution in [0.1, 0.15) is 48.4 Å². The second-order valence-corrected chi connectivity index (χ2v) is 7.01. The van der Waals surface area contributed by atoms with E-state index in [0.717, 1.165) is 24.2 Å². The predicted molar refractivity (Wildman–Crippen MR) is 113 cm³/mol. The van der Waals surface area contributed by atoms with Crippen LogP contribution in [0.15, 0.2) is 42.5 Å². The molecule has 0 aliphatic heterocycles. The van der Waals surface area contributed by atoms with Gasteiger partial charge in [0.05, 0.1) is 6.10 Å². The number of rotatable bonds is 7. The minimum atomic E-state index is -0.969. The van der Waals surface area contributed by atoms with Crippen LogP contribution in [-0.4, -0.2) is 23.0 Å². The Morgan fingerprint density at radius 3 is 2.43 bits per heavy atom. The molecule has 0 amide bonds. The summed E-state index contributed by atoms with van der Waals surface area (Å²) in [5.74, 6) is -0.274. The standard InChI is InChI=1S/C21H25N3O3.ClH/c1-13-10-15(12-18(11-13)27-17-4-2-3-5-17)19(21(25)26)24-16-8-6-14(7-9-16)20(22)23;/h6-12,17,19,24H,2-5H2,1H3,(H3,22,23)(H,25,26);1H. The number of anilines is 1. The van der Waals surface area contributed by atoms with Crippen molar-refractivity contribution in [1.29, 1.82) is 5.41 Å². The van der Waals surface area contributed by atoms with E-state index in [4.69, 9.17) is 15.9 Å². The lowest BCUT2D eigenvalue weighted by molar-refractivity contribution is -0.138. The Morgan fingerprint density at radius 1 is 1.21 bits per heavy atom. The SMILES string of the molecule is Cc1cc(OC2CCCC2)cc(C(Nc2ccc(C(=N)N)cc2)C(=O)O)c1.Cl. The molecule has 0 aromatic heterocycles. The van der Waals surface area contributed by atoms with Gasteiger partial charge in [-0.2, -0.15) is 0 Å². The van der Waals surface area contributed by atoms with Crippen LogP contribution in [0.3, 0.4) is 0 Å². The van der Waals surface area contributed by atoms with Gasteiger partial charge in [-0.05, 0) is 80.1 Å². The number of hydrogen-bond donors (Lipinski definition) is 4. The van der Waals surface area contributed by atoms with Crippen molar-refractivity contribution in [2.75, 3.05) is 5.32 Å². The molecule has 2 aromatic rings. The van der Waals surface area contributed by atoms with Crippen LogP contribution in [-0.2, 0) is 4.79 Å². The molecule has 2 aromatic carbocycles. The average molecular weight is 404 g/mol. The maximum absolute atomic E-state index is 11.9. The summed E-state index contributed by atoms with van der Waals surface area (Å²) in [6.07, 6.45) is 4.67. The first kappa shape index (κ1) is 21.6. The van der Waals surface area contributed by atoms with E-state index in [0.29, 0.717) is 16.8 Å². The van der Waals surface area contributed by atoms with Crippen molar-refractivity contribution in [1.82, 2.24) is 0 Å². The van der Waals surface area contributed by atoms with Gasteiger partial charge in [-0.1, -0.05) is 6.07 Å². The minimum absolute atomic E-state index is 0. The Kier molecular flexibility index (Phi) is 7.29. The van der Waals surface area contributed by atoms with Crippen LogP contribution in [0.5, 0.6) is 5.75 Å². The Balaban J connectivity index is 0.00000280. The van der Waals surface area contributed by atoms with Crippen LogP contribution in [0, 0.1) is 12.3 Å². The van der Waals surface area contributed by atoms with Gasteiger partial charge in [-0.3, -0.25) is 5.41 Å². The number of nitrogens with one attached hydrogen (secondary N) is 2. The van der Waals surface area contributed by atoms with Gasteiger partial charge in [0, 0.05) is 11.3 Å². The Labute approximate surface area is 171 Å². The highest BCUT2D eigenvalue weighted by molar-refractivity contribution is 5.95. The molecule has 6 nitrogen and oxygen atoms in total. The predicted octanol–water partition coefficient (Wildman–Crippen LogP) is 4.26. The summed E-state index contributed by atoms with van der Waals surface area (Å²) < 4.78 is 6.06. The van der Waals surface area contributed by atoms with E-state index < -0.39 is 12.0 Å². The molecule has 7 heteroatoms. The van der Waals surface area contributed by atoms with Crippen molar-refractivity contribution in [3.63, 3.8) is 0 Å². The first-order valence-electron chi connectivity index (χ1n) is 9.14. The van der Waals surface area contributed by atoms with Gasteiger partial charge in [0.15, 0.2) is 6.04 Å². The van der Waals surface area contributed by atoms with E-state index in [9.17, 15) is 9.90 Å². The van der Waals surface area contributed by atoms with Gasteiger partial charge in [-0.25, -0.2) is 4.79 Å². The molecular formula is C21H26ClN3O3. The van der Waals surface area contributed by atoms with E-state index in [1.54, 1.807) is 30.3 Å². The first-order chi connectivity index (χ1) is 12.9. The zero-order valence-electron chi connectivity index (χ0n) is 15.8. The third kappa shape index (κ3) is 5.39. The lowest BCUT2D eigenvalue weighted by Crippen LogP contribution is -2.21. The van der Waals surface area contributed by atoms with Gasteiger partial charge in [-0.15, -0.1) is 12.4 Å². The van der Waals surface area contributed by atoms with Crippen molar-refractivity contribution < 1.29 is 14.6 Å². The van der Waals surface area contributed by atoms with E-state index in [1.807, 2.05) is 19.1 Å². The molecular weight excluding hydrogens is 378 g/mol. The molecule has 28 heavy (non-hydrogen) atoms. The van der Waals surface area contributed by atoms with Gasteiger partial charge in [0.25, 0.3) is 0 Å². The van der Waals surface area contributed by atoms with Crippen LogP contribution in [0.2, 0.25) is 0 Å². The van der Waals surface area contributed by atoms with Gasteiger partial charge < -0.3 is 20.9 Å². The summed E-state index contributed by atoms with van der Waals surface area (Å²) in [5, 5.41) is 20.2. The van der Waals surface area contributed by atoms with E-state index in [-0.39, 0.29) is 24.3 Å². The number of amidine groups is 1. The van der Waals surface area contributed by atoms with Crippen molar-refractivity contribution >= 4 is 29.9 Å². The quantitative estimate of drug-likeness (QED) is 0.408.